The molecule has 2 heterocycles. The van der Waals surface area contributed by atoms with Gasteiger partial charge in [0.2, 0.25) is 0 Å². The molecule has 1 aromatic rings. The highest BCUT2D eigenvalue weighted by atomic mass is 16.5. The topological polar surface area (TPSA) is 61.2 Å². The third-order valence-corrected chi connectivity index (χ3v) is 4.14. The predicted octanol–water partition coefficient (Wildman–Crippen LogP) is 1.01. The quantitative estimate of drug-likeness (QED) is 0.809. The molecule has 0 aliphatic carbocycles. The van der Waals surface area contributed by atoms with Crippen molar-refractivity contribution in [3.8, 4) is 0 Å². The first-order valence-electron chi connectivity index (χ1n) is 7.51. The minimum atomic E-state index is -0.160. The van der Waals surface area contributed by atoms with Gasteiger partial charge in [-0.1, -0.05) is 0 Å². The van der Waals surface area contributed by atoms with Gasteiger partial charge in [-0.3, -0.25) is 4.68 Å². The monoisotopic (exact) mass is 282 g/mol. The number of ether oxygens (including phenoxy) is 2. The Morgan fingerprint density at radius 2 is 2.20 bits per heavy atom. The predicted molar refractivity (Wildman–Crippen MR) is 76.7 cm³/mol. The van der Waals surface area contributed by atoms with Crippen LogP contribution >= 0.6 is 0 Å². The van der Waals surface area contributed by atoms with E-state index >= 15 is 0 Å². The first kappa shape index (κ1) is 15.4. The zero-order chi connectivity index (χ0) is 14.4. The van der Waals surface area contributed by atoms with Crippen molar-refractivity contribution < 1.29 is 9.47 Å². The maximum Gasteiger partial charge on any atom is 0.138 e. The van der Waals surface area contributed by atoms with Crippen LogP contribution in [-0.2, 0) is 22.4 Å². The van der Waals surface area contributed by atoms with Gasteiger partial charge in [0, 0.05) is 51.7 Å². The molecule has 1 aliphatic heterocycles. The van der Waals surface area contributed by atoms with E-state index in [9.17, 15) is 0 Å². The van der Waals surface area contributed by atoms with Gasteiger partial charge in [0.1, 0.15) is 12.2 Å². The Hall–Kier alpha value is -0.980. The van der Waals surface area contributed by atoms with Crippen LogP contribution in [0.5, 0.6) is 0 Å². The van der Waals surface area contributed by atoms with Gasteiger partial charge in [0.25, 0.3) is 0 Å². The summed E-state index contributed by atoms with van der Waals surface area (Å²) >= 11 is 0. The largest absolute Gasteiger partial charge is 0.381 e. The summed E-state index contributed by atoms with van der Waals surface area (Å²) in [4.78, 5) is 4.39. The van der Waals surface area contributed by atoms with E-state index < -0.39 is 0 Å². The summed E-state index contributed by atoms with van der Waals surface area (Å²) in [5.41, 5.74) is -0.160. The molecule has 1 unspecified atom stereocenters. The summed E-state index contributed by atoms with van der Waals surface area (Å²) in [6, 6.07) is 0.223. The molecule has 0 bridgehead atoms. The molecule has 0 amide bonds. The van der Waals surface area contributed by atoms with Crippen molar-refractivity contribution in [3.63, 3.8) is 0 Å². The van der Waals surface area contributed by atoms with Crippen molar-refractivity contribution in [1.29, 1.82) is 0 Å². The average Bonchev–Trinajstić information content (AvgIpc) is 2.93. The summed E-state index contributed by atoms with van der Waals surface area (Å²) in [6.45, 7) is 7.23. The lowest BCUT2D eigenvalue weighted by atomic mass is 9.84. The Labute approximate surface area is 120 Å². The average molecular weight is 282 g/mol. The number of nitrogens with one attached hydrogen (secondary N) is 1. The smallest absolute Gasteiger partial charge is 0.138 e. The van der Waals surface area contributed by atoms with E-state index in [1.165, 1.54) is 0 Å². The van der Waals surface area contributed by atoms with Crippen LogP contribution in [0.25, 0.3) is 0 Å². The van der Waals surface area contributed by atoms with Crippen LogP contribution in [0.3, 0.4) is 0 Å². The van der Waals surface area contributed by atoms with Gasteiger partial charge >= 0.3 is 0 Å². The van der Waals surface area contributed by atoms with E-state index in [2.05, 4.69) is 29.2 Å². The lowest BCUT2D eigenvalue weighted by Gasteiger charge is -2.43. The summed E-state index contributed by atoms with van der Waals surface area (Å²) in [6.07, 6.45) is 4.30. The molecule has 0 spiro atoms. The van der Waals surface area contributed by atoms with Crippen molar-refractivity contribution in [2.24, 2.45) is 0 Å². The number of nitrogens with zero attached hydrogens (tertiary/aromatic N) is 3. The van der Waals surface area contributed by atoms with Crippen LogP contribution in [0, 0.1) is 0 Å². The fourth-order valence-corrected chi connectivity index (χ4v) is 3.04. The molecule has 20 heavy (non-hydrogen) atoms. The minimum absolute atomic E-state index is 0.160. The molecular weight excluding hydrogens is 256 g/mol. The van der Waals surface area contributed by atoms with Crippen LogP contribution in [0.4, 0.5) is 0 Å². The molecular formula is C14H26N4O2. The SMILES string of the molecule is CCOC1(C(Cc2ncnn2CC)NC)CCOCC1. The molecule has 0 radical (unpaired) electrons. The van der Waals surface area contributed by atoms with Crippen molar-refractivity contribution in [2.75, 3.05) is 26.9 Å². The normalized spacial score (nSPS) is 19.9. The number of rotatable bonds is 7. The fraction of sp³-hybridized carbons (Fsp3) is 0.857. The van der Waals surface area contributed by atoms with Gasteiger partial charge in [0.05, 0.1) is 5.60 Å². The second-order valence-electron chi connectivity index (χ2n) is 5.15. The van der Waals surface area contributed by atoms with E-state index in [0.717, 1.165) is 51.5 Å². The van der Waals surface area contributed by atoms with E-state index in [1.54, 1.807) is 6.33 Å². The zero-order valence-electron chi connectivity index (χ0n) is 12.8. The Kier molecular flexibility index (Phi) is 5.51. The molecule has 1 saturated heterocycles. The van der Waals surface area contributed by atoms with Crippen LogP contribution < -0.4 is 5.32 Å². The molecule has 114 valence electrons. The number of hydrogen-bond acceptors (Lipinski definition) is 5. The summed E-state index contributed by atoms with van der Waals surface area (Å²) in [5, 5.41) is 7.67. The first-order chi connectivity index (χ1) is 9.75. The Morgan fingerprint density at radius 1 is 1.45 bits per heavy atom. The molecule has 1 aliphatic rings. The van der Waals surface area contributed by atoms with Gasteiger partial charge in [-0.15, -0.1) is 0 Å². The highest BCUT2D eigenvalue weighted by Gasteiger charge is 2.41. The molecule has 2 rings (SSSR count). The molecule has 1 aromatic heterocycles. The molecule has 1 atom stereocenters. The van der Waals surface area contributed by atoms with Crippen LogP contribution in [0.2, 0.25) is 0 Å². The summed E-state index contributed by atoms with van der Waals surface area (Å²) < 4.78 is 13.6. The van der Waals surface area contributed by atoms with E-state index in [-0.39, 0.29) is 11.6 Å². The minimum Gasteiger partial charge on any atom is -0.381 e. The van der Waals surface area contributed by atoms with Crippen molar-refractivity contribution in [1.82, 2.24) is 20.1 Å². The number of hydrogen-bond donors (Lipinski definition) is 1. The van der Waals surface area contributed by atoms with E-state index in [1.807, 2.05) is 11.7 Å². The first-order valence-corrected chi connectivity index (χ1v) is 7.51. The second-order valence-corrected chi connectivity index (χ2v) is 5.15. The van der Waals surface area contributed by atoms with Gasteiger partial charge in [-0.05, 0) is 20.9 Å². The van der Waals surface area contributed by atoms with Crippen LogP contribution in [0.1, 0.15) is 32.5 Å². The van der Waals surface area contributed by atoms with Crippen LogP contribution in [0.15, 0.2) is 6.33 Å². The van der Waals surface area contributed by atoms with E-state index in [4.69, 9.17) is 9.47 Å². The van der Waals surface area contributed by atoms with Crippen LogP contribution in [-0.4, -0.2) is 53.3 Å². The fourth-order valence-electron chi connectivity index (χ4n) is 3.04. The van der Waals surface area contributed by atoms with Gasteiger partial charge in [-0.2, -0.15) is 5.10 Å². The number of aromatic nitrogens is 3. The number of aryl methyl sites for hydroxylation is 1. The summed E-state index contributed by atoms with van der Waals surface area (Å²) in [5.74, 6) is 1.01. The Balaban J connectivity index is 2.15. The van der Waals surface area contributed by atoms with E-state index in [0.29, 0.717) is 0 Å². The second kappa shape index (κ2) is 7.15. The van der Waals surface area contributed by atoms with Gasteiger partial charge in [-0.25, -0.2) is 4.98 Å². The number of likely N-dealkylation sites (N-methyl/N-ethyl adjacent to an activating group) is 1. The third-order valence-electron chi connectivity index (χ3n) is 4.14. The molecule has 1 fully saturated rings. The molecule has 0 saturated carbocycles. The van der Waals surface area contributed by atoms with Gasteiger partial charge < -0.3 is 14.8 Å². The maximum atomic E-state index is 6.15. The Morgan fingerprint density at radius 3 is 2.80 bits per heavy atom. The molecule has 0 aromatic carbocycles. The molecule has 6 nitrogen and oxygen atoms in total. The maximum absolute atomic E-state index is 6.15. The zero-order valence-corrected chi connectivity index (χ0v) is 12.8. The Bertz CT molecular complexity index is 396. The van der Waals surface area contributed by atoms with Crippen molar-refractivity contribution in [3.05, 3.63) is 12.2 Å². The third kappa shape index (κ3) is 3.19. The van der Waals surface area contributed by atoms with Crippen molar-refractivity contribution in [2.45, 2.75) is 51.3 Å². The standard InChI is InChI=1S/C14H26N4O2/c1-4-18-13(16-11-17-18)10-12(15-3)14(20-5-2)6-8-19-9-7-14/h11-12,15H,4-10H2,1-3H3. The van der Waals surface area contributed by atoms with Gasteiger partial charge in [0.15, 0.2) is 0 Å². The summed E-state index contributed by atoms with van der Waals surface area (Å²) in [7, 11) is 1.99. The highest BCUT2D eigenvalue weighted by molar-refractivity contribution is 5.01. The molecule has 1 N–H and O–H groups in total. The van der Waals surface area contributed by atoms with Crippen molar-refractivity contribution >= 4 is 0 Å². The lowest BCUT2D eigenvalue weighted by Crippen LogP contribution is -2.55. The lowest BCUT2D eigenvalue weighted by molar-refractivity contribution is -0.125. The molecule has 6 heteroatoms. The highest BCUT2D eigenvalue weighted by Crippen LogP contribution is 2.30.